The highest BCUT2D eigenvalue weighted by Gasteiger charge is 2.22. The highest BCUT2D eigenvalue weighted by molar-refractivity contribution is 5.98. The molecule has 0 spiro atoms. The van der Waals surface area contributed by atoms with Crippen molar-refractivity contribution in [2.24, 2.45) is 0 Å². The van der Waals surface area contributed by atoms with Gasteiger partial charge in [0.2, 0.25) is 0 Å². The summed E-state index contributed by atoms with van der Waals surface area (Å²) in [6, 6.07) is 7.74. The second-order valence-corrected chi connectivity index (χ2v) is 3.82. The van der Waals surface area contributed by atoms with Gasteiger partial charge in [0.25, 0.3) is 5.91 Å². The third-order valence-electron chi connectivity index (χ3n) is 2.50. The van der Waals surface area contributed by atoms with Gasteiger partial charge in [-0.2, -0.15) is 0 Å². The molecule has 0 bridgehead atoms. The minimum Gasteiger partial charge on any atom is -0.337 e. The second-order valence-electron chi connectivity index (χ2n) is 3.82. The molecular formula is C14H23BNO. The Morgan fingerprint density at radius 1 is 1.18 bits per heavy atom. The first-order chi connectivity index (χ1) is 7.20. The molecule has 0 aliphatic carbocycles. The van der Waals surface area contributed by atoms with E-state index < -0.39 is 0 Å². The normalized spacial score (nSPS) is 11.7. The van der Waals surface area contributed by atoms with Crippen LogP contribution in [0.25, 0.3) is 0 Å². The SMILES string of the molecule is C.CCCC.CN1Cc2ccccc2C1=O.[B]. The number of carbonyl (C=O) groups excluding carboxylic acids is 1. The first-order valence-electron chi connectivity index (χ1n) is 5.54. The van der Waals surface area contributed by atoms with Crippen molar-refractivity contribution in [2.75, 3.05) is 7.05 Å². The number of rotatable bonds is 1. The summed E-state index contributed by atoms with van der Waals surface area (Å²) >= 11 is 0. The highest BCUT2D eigenvalue weighted by Crippen LogP contribution is 2.19. The zero-order valence-electron chi connectivity index (χ0n) is 10.4. The van der Waals surface area contributed by atoms with Crippen molar-refractivity contribution in [3.63, 3.8) is 0 Å². The van der Waals surface area contributed by atoms with Gasteiger partial charge in [-0.15, -0.1) is 0 Å². The van der Waals surface area contributed by atoms with Gasteiger partial charge in [-0.25, -0.2) is 0 Å². The Balaban J connectivity index is 0. The van der Waals surface area contributed by atoms with Crippen LogP contribution in [0.15, 0.2) is 24.3 Å². The fraction of sp³-hybridized carbons (Fsp3) is 0.500. The molecule has 0 saturated heterocycles. The number of fused-ring (bicyclic) bond motifs is 1. The van der Waals surface area contributed by atoms with Crippen molar-refractivity contribution in [1.82, 2.24) is 4.90 Å². The Bertz CT molecular complexity index is 337. The number of benzene rings is 1. The summed E-state index contributed by atoms with van der Waals surface area (Å²) in [5, 5.41) is 0. The van der Waals surface area contributed by atoms with E-state index in [1.54, 1.807) is 4.90 Å². The molecule has 93 valence electrons. The highest BCUT2D eigenvalue weighted by atomic mass is 16.2. The van der Waals surface area contributed by atoms with E-state index in [-0.39, 0.29) is 21.7 Å². The second kappa shape index (κ2) is 8.86. The molecule has 0 fully saturated rings. The summed E-state index contributed by atoms with van der Waals surface area (Å²) in [7, 11) is 1.82. The van der Waals surface area contributed by atoms with E-state index in [4.69, 9.17) is 0 Å². The quantitative estimate of drug-likeness (QED) is 0.680. The third-order valence-corrected chi connectivity index (χ3v) is 2.50. The van der Waals surface area contributed by atoms with E-state index in [0.29, 0.717) is 0 Å². The molecule has 0 N–H and O–H groups in total. The van der Waals surface area contributed by atoms with Crippen molar-refractivity contribution >= 4 is 14.3 Å². The van der Waals surface area contributed by atoms with Crippen molar-refractivity contribution in [1.29, 1.82) is 0 Å². The van der Waals surface area contributed by atoms with Crippen LogP contribution in [0.2, 0.25) is 0 Å². The molecule has 1 aliphatic rings. The van der Waals surface area contributed by atoms with Gasteiger partial charge in [0, 0.05) is 27.6 Å². The first kappa shape index (κ1) is 18.1. The van der Waals surface area contributed by atoms with Crippen LogP contribution in [0.3, 0.4) is 0 Å². The van der Waals surface area contributed by atoms with Crippen LogP contribution in [0.5, 0.6) is 0 Å². The Morgan fingerprint density at radius 3 is 2.18 bits per heavy atom. The molecule has 1 aromatic rings. The summed E-state index contributed by atoms with van der Waals surface area (Å²) in [4.78, 5) is 13.0. The van der Waals surface area contributed by atoms with E-state index in [1.807, 2.05) is 31.3 Å². The van der Waals surface area contributed by atoms with Crippen LogP contribution in [-0.4, -0.2) is 26.3 Å². The lowest BCUT2D eigenvalue weighted by atomic mass is 10.1. The number of nitrogens with zero attached hydrogens (tertiary/aromatic N) is 1. The summed E-state index contributed by atoms with van der Waals surface area (Å²) in [5.74, 6) is 0.139. The van der Waals surface area contributed by atoms with Gasteiger partial charge in [0.1, 0.15) is 0 Å². The predicted octanol–water partition coefficient (Wildman–Crippen LogP) is 3.33. The Hall–Kier alpha value is -1.25. The maximum Gasteiger partial charge on any atom is 0.254 e. The van der Waals surface area contributed by atoms with E-state index in [2.05, 4.69) is 13.8 Å². The maximum absolute atomic E-state index is 11.3. The summed E-state index contributed by atoms with van der Waals surface area (Å²) in [6.45, 7) is 5.12. The van der Waals surface area contributed by atoms with Crippen LogP contribution >= 0.6 is 0 Å². The molecule has 2 rings (SSSR count). The average Bonchev–Trinajstić information content (AvgIpc) is 2.56. The molecule has 1 heterocycles. The lowest BCUT2D eigenvalue weighted by Gasteiger charge is -2.04. The molecule has 2 nitrogen and oxygen atoms in total. The van der Waals surface area contributed by atoms with Gasteiger partial charge in [0.15, 0.2) is 0 Å². The zero-order valence-corrected chi connectivity index (χ0v) is 10.4. The Morgan fingerprint density at radius 2 is 1.71 bits per heavy atom. The van der Waals surface area contributed by atoms with Crippen LogP contribution in [-0.2, 0) is 6.54 Å². The first-order valence-corrected chi connectivity index (χ1v) is 5.54. The minimum absolute atomic E-state index is 0. The van der Waals surface area contributed by atoms with Crippen LogP contribution in [0, 0.1) is 0 Å². The molecule has 17 heavy (non-hydrogen) atoms. The number of amides is 1. The lowest BCUT2D eigenvalue weighted by molar-refractivity contribution is 0.0816. The van der Waals surface area contributed by atoms with Gasteiger partial charge >= 0.3 is 0 Å². The molecule has 0 saturated carbocycles. The van der Waals surface area contributed by atoms with Crippen LogP contribution in [0.4, 0.5) is 0 Å². The number of hydrogen-bond donors (Lipinski definition) is 0. The Labute approximate surface area is 108 Å². The average molecular weight is 232 g/mol. The number of hydrogen-bond acceptors (Lipinski definition) is 1. The molecule has 0 unspecified atom stereocenters. The molecule has 0 atom stereocenters. The standard InChI is InChI=1S/C9H9NO.C4H10.CH4.B/c1-10-6-7-4-2-3-5-8(7)9(10)11;1-3-4-2;;/h2-5H,6H2,1H3;3-4H2,1-2H3;1H4;. The third kappa shape index (κ3) is 4.64. The largest absolute Gasteiger partial charge is 0.337 e. The fourth-order valence-electron chi connectivity index (χ4n) is 1.40. The van der Waals surface area contributed by atoms with Crippen molar-refractivity contribution in [3.05, 3.63) is 35.4 Å². The van der Waals surface area contributed by atoms with Gasteiger partial charge in [-0.1, -0.05) is 52.3 Å². The minimum atomic E-state index is 0. The molecule has 3 radical (unpaired) electrons. The number of carbonyl (C=O) groups is 1. The molecular weight excluding hydrogens is 209 g/mol. The summed E-state index contributed by atoms with van der Waals surface area (Å²) in [5.41, 5.74) is 2.00. The predicted molar refractivity (Wildman–Crippen MR) is 75.3 cm³/mol. The lowest BCUT2D eigenvalue weighted by Crippen LogP contribution is -2.17. The van der Waals surface area contributed by atoms with Gasteiger partial charge in [-0.3, -0.25) is 4.79 Å². The molecule has 1 aromatic carbocycles. The number of unbranched alkanes of at least 4 members (excludes halogenated alkanes) is 1. The van der Waals surface area contributed by atoms with Gasteiger partial charge < -0.3 is 4.90 Å². The van der Waals surface area contributed by atoms with E-state index >= 15 is 0 Å². The zero-order chi connectivity index (χ0) is 11.3. The molecule has 1 amide bonds. The molecule has 3 heteroatoms. The van der Waals surface area contributed by atoms with Crippen molar-refractivity contribution in [2.45, 2.75) is 40.7 Å². The molecule has 1 aliphatic heterocycles. The summed E-state index contributed by atoms with van der Waals surface area (Å²) < 4.78 is 0. The van der Waals surface area contributed by atoms with Crippen molar-refractivity contribution in [3.8, 4) is 0 Å². The smallest absolute Gasteiger partial charge is 0.254 e. The van der Waals surface area contributed by atoms with Crippen LogP contribution < -0.4 is 0 Å². The van der Waals surface area contributed by atoms with Gasteiger partial charge in [0.05, 0.1) is 0 Å². The fourth-order valence-corrected chi connectivity index (χ4v) is 1.40. The van der Waals surface area contributed by atoms with E-state index in [1.165, 1.54) is 12.8 Å². The summed E-state index contributed by atoms with van der Waals surface area (Å²) in [6.07, 6.45) is 2.64. The van der Waals surface area contributed by atoms with E-state index in [0.717, 1.165) is 17.7 Å². The topological polar surface area (TPSA) is 20.3 Å². The molecule has 0 aromatic heterocycles. The maximum atomic E-state index is 11.3. The van der Waals surface area contributed by atoms with Crippen molar-refractivity contribution < 1.29 is 4.79 Å². The van der Waals surface area contributed by atoms with E-state index in [9.17, 15) is 4.79 Å². The van der Waals surface area contributed by atoms with Gasteiger partial charge in [-0.05, 0) is 11.6 Å². The van der Waals surface area contributed by atoms with Crippen LogP contribution in [0.1, 0.15) is 50.0 Å². The monoisotopic (exact) mass is 232 g/mol. The Kier molecular flexibility index (Phi) is 9.44.